The number of hydrogen-bond acceptors (Lipinski definition) is 3. The molecule has 0 unspecified atom stereocenters. The van der Waals surface area contributed by atoms with Crippen molar-refractivity contribution >= 4 is 0 Å². The lowest BCUT2D eigenvalue weighted by Crippen LogP contribution is -2.03. The maximum atomic E-state index is 9.43. The average Bonchev–Trinajstić information content (AvgIpc) is 2.19. The average molecular weight is 196 g/mol. The quantitative estimate of drug-likeness (QED) is 0.702. The molecule has 3 heteroatoms. The third-order valence-electron chi connectivity index (χ3n) is 1.93. The van der Waals surface area contributed by atoms with Gasteiger partial charge in [-0.15, -0.1) is 0 Å². The number of benzene rings is 1. The largest absolute Gasteiger partial charge is 0.493 e. The molecule has 0 radical (unpaired) electrons. The third-order valence-corrected chi connectivity index (χ3v) is 1.93. The van der Waals surface area contributed by atoms with E-state index in [0.717, 1.165) is 5.56 Å². The first-order chi connectivity index (χ1) is 6.75. The van der Waals surface area contributed by atoms with Crippen LogP contribution < -0.4 is 4.74 Å². The van der Waals surface area contributed by atoms with Gasteiger partial charge in [0.15, 0.2) is 0 Å². The lowest BCUT2D eigenvalue weighted by Gasteiger charge is -2.12. The Morgan fingerprint density at radius 3 is 2.71 bits per heavy atom. The van der Waals surface area contributed by atoms with Crippen molar-refractivity contribution in [2.75, 3.05) is 13.2 Å². The maximum Gasteiger partial charge on any atom is 0.125 e. The van der Waals surface area contributed by atoms with Crippen molar-refractivity contribution in [3.05, 3.63) is 29.8 Å². The molecule has 1 rings (SSSR count). The Bertz CT molecular complexity index is 271. The second-order valence-corrected chi connectivity index (χ2v) is 3.14. The van der Waals surface area contributed by atoms with E-state index in [1.807, 2.05) is 24.3 Å². The summed E-state index contributed by atoms with van der Waals surface area (Å²) in [5.41, 5.74) is 0.783. The third kappa shape index (κ3) is 3.01. The SMILES string of the molecule is C[C@H](O)c1ccccc1OCCCO. The lowest BCUT2D eigenvalue weighted by atomic mass is 10.1. The predicted octanol–water partition coefficient (Wildman–Crippen LogP) is 1.50. The number of rotatable bonds is 5. The summed E-state index contributed by atoms with van der Waals surface area (Å²) in [6, 6.07) is 7.37. The molecule has 0 spiro atoms. The zero-order valence-electron chi connectivity index (χ0n) is 8.31. The zero-order chi connectivity index (χ0) is 10.4. The van der Waals surface area contributed by atoms with E-state index < -0.39 is 6.10 Å². The Kier molecular flexibility index (Phi) is 4.43. The Morgan fingerprint density at radius 1 is 1.36 bits per heavy atom. The van der Waals surface area contributed by atoms with E-state index in [1.54, 1.807) is 6.92 Å². The molecular weight excluding hydrogens is 180 g/mol. The highest BCUT2D eigenvalue weighted by molar-refractivity contribution is 5.34. The fraction of sp³-hybridized carbons (Fsp3) is 0.455. The van der Waals surface area contributed by atoms with Gasteiger partial charge >= 0.3 is 0 Å². The molecule has 0 aliphatic rings. The summed E-state index contributed by atoms with van der Waals surface area (Å²) in [4.78, 5) is 0. The van der Waals surface area contributed by atoms with E-state index in [1.165, 1.54) is 0 Å². The van der Waals surface area contributed by atoms with Crippen molar-refractivity contribution < 1.29 is 14.9 Å². The van der Waals surface area contributed by atoms with Crippen molar-refractivity contribution in [2.24, 2.45) is 0 Å². The summed E-state index contributed by atoms with van der Waals surface area (Å²) in [6.07, 6.45) is 0.0778. The molecule has 0 saturated carbocycles. The van der Waals surface area contributed by atoms with Crippen LogP contribution in [0.2, 0.25) is 0 Å². The topological polar surface area (TPSA) is 49.7 Å². The van der Waals surface area contributed by atoms with Gasteiger partial charge in [-0.3, -0.25) is 0 Å². The lowest BCUT2D eigenvalue weighted by molar-refractivity contribution is 0.187. The normalized spacial score (nSPS) is 12.5. The van der Waals surface area contributed by atoms with Crippen LogP contribution in [-0.2, 0) is 0 Å². The van der Waals surface area contributed by atoms with Crippen molar-refractivity contribution in [1.82, 2.24) is 0 Å². The zero-order valence-corrected chi connectivity index (χ0v) is 8.31. The predicted molar refractivity (Wildman–Crippen MR) is 54.3 cm³/mol. The molecule has 0 bridgehead atoms. The Morgan fingerprint density at radius 2 is 2.07 bits per heavy atom. The number of aliphatic hydroxyl groups excluding tert-OH is 2. The molecule has 1 aromatic carbocycles. The first-order valence-corrected chi connectivity index (χ1v) is 4.76. The molecule has 0 heterocycles. The fourth-order valence-electron chi connectivity index (χ4n) is 1.20. The van der Waals surface area contributed by atoms with E-state index in [0.29, 0.717) is 18.8 Å². The second kappa shape index (κ2) is 5.62. The summed E-state index contributed by atoms with van der Waals surface area (Å²) < 4.78 is 5.42. The minimum atomic E-state index is -0.527. The minimum absolute atomic E-state index is 0.122. The van der Waals surface area contributed by atoms with Gasteiger partial charge in [0.25, 0.3) is 0 Å². The monoisotopic (exact) mass is 196 g/mol. The van der Waals surface area contributed by atoms with Gasteiger partial charge in [0.2, 0.25) is 0 Å². The number of hydrogen-bond donors (Lipinski definition) is 2. The van der Waals surface area contributed by atoms with Gasteiger partial charge in [0.1, 0.15) is 5.75 Å². The van der Waals surface area contributed by atoms with E-state index in [9.17, 15) is 5.11 Å². The van der Waals surface area contributed by atoms with Crippen LogP contribution >= 0.6 is 0 Å². The van der Waals surface area contributed by atoms with Gasteiger partial charge in [-0.1, -0.05) is 18.2 Å². The molecule has 0 saturated heterocycles. The van der Waals surface area contributed by atoms with Crippen LogP contribution in [0.4, 0.5) is 0 Å². The van der Waals surface area contributed by atoms with Crippen LogP contribution in [0.5, 0.6) is 5.75 Å². The van der Waals surface area contributed by atoms with Crippen LogP contribution in [-0.4, -0.2) is 23.4 Å². The van der Waals surface area contributed by atoms with Crippen LogP contribution in [0.25, 0.3) is 0 Å². The standard InChI is InChI=1S/C11H16O3/c1-9(13)10-5-2-3-6-11(10)14-8-4-7-12/h2-3,5-6,9,12-13H,4,7-8H2,1H3/t9-/m0/s1. The van der Waals surface area contributed by atoms with Crippen LogP contribution in [0.1, 0.15) is 25.0 Å². The minimum Gasteiger partial charge on any atom is -0.493 e. The molecule has 1 atom stereocenters. The molecule has 2 N–H and O–H groups in total. The second-order valence-electron chi connectivity index (χ2n) is 3.14. The highest BCUT2D eigenvalue weighted by Crippen LogP contribution is 2.24. The Labute approximate surface area is 84.0 Å². The van der Waals surface area contributed by atoms with Crippen LogP contribution in [0.3, 0.4) is 0 Å². The summed E-state index contributed by atoms with van der Waals surface area (Å²) >= 11 is 0. The van der Waals surface area contributed by atoms with Crippen molar-refractivity contribution in [3.63, 3.8) is 0 Å². The first kappa shape index (κ1) is 11.0. The number of para-hydroxylation sites is 1. The van der Waals surface area contributed by atoms with E-state index in [4.69, 9.17) is 9.84 Å². The van der Waals surface area contributed by atoms with Gasteiger partial charge in [-0.05, 0) is 13.0 Å². The fourth-order valence-corrected chi connectivity index (χ4v) is 1.20. The molecule has 14 heavy (non-hydrogen) atoms. The van der Waals surface area contributed by atoms with Gasteiger partial charge in [0, 0.05) is 18.6 Å². The summed E-state index contributed by atoms with van der Waals surface area (Å²) in [5, 5.41) is 18.0. The molecule has 0 fully saturated rings. The van der Waals surface area contributed by atoms with Crippen molar-refractivity contribution in [1.29, 1.82) is 0 Å². The molecule has 0 amide bonds. The van der Waals surface area contributed by atoms with Gasteiger partial charge < -0.3 is 14.9 Å². The van der Waals surface area contributed by atoms with Crippen LogP contribution in [0.15, 0.2) is 24.3 Å². The molecule has 3 nitrogen and oxygen atoms in total. The number of aliphatic hydroxyl groups is 2. The molecule has 1 aromatic rings. The molecular formula is C11H16O3. The number of ether oxygens (including phenoxy) is 1. The highest BCUT2D eigenvalue weighted by atomic mass is 16.5. The maximum absolute atomic E-state index is 9.43. The van der Waals surface area contributed by atoms with Crippen molar-refractivity contribution in [2.45, 2.75) is 19.4 Å². The Hall–Kier alpha value is -1.06. The summed E-state index contributed by atoms with van der Waals surface area (Å²) in [6.45, 7) is 2.30. The van der Waals surface area contributed by atoms with Crippen molar-refractivity contribution in [3.8, 4) is 5.75 Å². The van der Waals surface area contributed by atoms with E-state index in [2.05, 4.69) is 0 Å². The molecule has 78 valence electrons. The van der Waals surface area contributed by atoms with Gasteiger partial charge in [-0.25, -0.2) is 0 Å². The summed E-state index contributed by atoms with van der Waals surface area (Å²) in [5.74, 6) is 0.691. The van der Waals surface area contributed by atoms with E-state index >= 15 is 0 Å². The molecule has 0 aromatic heterocycles. The van der Waals surface area contributed by atoms with Gasteiger partial charge in [-0.2, -0.15) is 0 Å². The Balaban J connectivity index is 2.64. The smallest absolute Gasteiger partial charge is 0.125 e. The van der Waals surface area contributed by atoms with Crippen LogP contribution in [0, 0.1) is 0 Å². The molecule has 0 aliphatic heterocycles. The van der Waals surface area contributed by atoms with E-state index in [-0.39, 0.29) is 6.61 Å². The first-order valence-electron chi connectivity index (χ1n) is 4.76. The highest BCUT2D eigenvalue weighted by Gasteiger charge is 2.07. The van der Waals surface area contributed by atoms with Gasteiger partial charge in [0.05, 0.1) is 12.7 Å². The summed E-state index contributed by atoms with van der Waals surface area (Å²) in [7, 11) is 0. The molecule has 0 aliphatic carbocycles.